The normalized spacial score (nSPS) is 20.1. The van der Waals surface area contributed by atoms with Gasteiger partial charge in [-0.05, 0) is 18.8 Å². The Kier molecular flexibility index (Phi) is 4.26. The highest BCUT2D eigenvalue weighted by atomic mass is 32.2. The Morgan fingerprint density at radius 2 is 2.35 bits per heavy atom. The molecule has 1 aromatic heterocycles. The predicted octanol–water partition coefficient (Wildman–Crippen LogP) is -1.36. The quantitative estimate of drug-likeness (QED) is 0.542. The lowest BCUT2D eigenvalue weighted by atomic mass is 9.98. The summed E-state index contributed by atoms with van der Waals surface area (Å²) in [6, 6.07) is 0. The van der Waals surface area contributed by atoms with E-state index in [-0.39, 0.29) is 24.1 Å². The molecule has 0 bridgehead atoms. The van der Waals surface area contributed by atoms with Gasteiger partial charge in [0.1, 0.15) is 5.69 Å². The van der Waals surface area contributed by atoms with Crippen LogP contribution in [0.5, 0.6) is 0 Å². The molecule has 1 aromatic rings. The maximum absolute atomic E-state index is 12.2. The fraction of sp³-hybridized carbons (Fsp3) is 0.600. The monoisotopic (exact) mass is 302 g/mol. The van der Waals surface area contributed by atoms with Gasteiger partial charge in [-0.1, -0.05) is 0 Å². The van der Waals surface area contributed by atoms with Crippen LogP contribution >= 0.6 is 0 Å². The van der Waals surface area contributed by atoms with Crippen LogP contribution in [-0.4, -0.2) is 49.1 Å². The number of hydrogen-bond acceptors (Lipinski definition) is 5. The number of carbonyl (C=O) groups is 1. The van der Waals surface area contributed by atoms with Gasteiger partial charge in [0.15, 0.2) is 0 Å². The number of amides is 1. The number of nitrogens with two attached hydrogens (primary N) is 2. The first-order valence-corrected chi connectivity index (χ1v) is 7.77. The van der Waals surface area contributed by atoms with Gasteiger partial charge >= 0.3 is 0 Å². The van der Waals surface area contributed by atoms with Crippen molar-refractivity contribution in [2.24, 2.45) is 11.1 Å². The van der Waals surface area contributed by atoms with Gasteiger partial charge in [-0.2, -0.15) is 13.5 Å². The SMILES string of the molecule is Nc1cn[nH]c1C(=O)N1CCCC(CNS(N)(=O)=O)C1. The number of anilines is 1. The Morgan fingerprint density at radius 3 is 2.95 bits per heavy atom. The number of nitrogen functional groups attached to an aromatic ring is 1. The van der Waals surface area contributed by atoms with Crippen molar-refractivity contribution in [3.8, 4) is 0 Å². The van der Waals surface area contributed by atoms with Crippen LogP contribution in [0, 0.1) is 5.92 Å². The van der Waals surface area contributed by atoms with Crippen LogP contribution < -0.4 is 15.6 Å². The molecule has 1 atom stereocenters. The first-order valence-electron chi connectivity index (χ1n) is 6.22. The Bertz CT molecular complexity index is 584. The number of nitrogens with one attached hydrogen (secondary N) is 2. The molecular weight excluding hydrogens is 284 g/mol. The number of aromatic nitrogens is 2. The van der Waals surface area contributed by atoms with Crippen molar-refractivity contribution in [2.45, 2.75) is 12.8 Å². The Morgan fingerprint density at radius 1 is 1.60 bits per heavy atom. The van der Waals surface area contributed by atoms with Crippen LogP contribution in [-0.2, 0) is 10.2 Å². The van der Waals surface area contributed by atoms with Gasteiger partial charge in [-0.25, -0.2) is 9.86 Å². The molecule has 1 aliphatic rings. The van der Waals surface area contributed by atoms with Gasteiger partial charge < -0.3 is 10.6 Å². The molecule has 0 aliphatic carbocycles. The van der Waals surface area contributed by atoms with E-state index in [9.17, 15) is 13.2 Å². The summed E-state index contributed by atoms with van der Waals surface area (Å²) < 4.78 is 24.0. The van der Waals surface area contributed by atoms with E-state index < -0.39 is 10.2 Å². The van der Waals surface area contributed by atoms with Crippen molar-refractivity contribution in [1.29, 1.82) is 0 Å². The maximum atomic E-state index is 12.2. The van der Waals surface area contributed by atoms with Crippen molar-refractivity contribution < 1.29 is 13.2 Å². The first-order chi connectivity index (χ1) is 9.37. The number of likely N-dealkylation sites (tertiary alicyclic amines) is 1. The zero-order chi connectivity index (χ0) is 14.8. The second-order valence-electron chi connectivity index (χ2n) is 4.85. The van der Waals surface area contributed by atoms with Gasteiger partial charge in [-0.3, -0.25) is 9.89 Å². The first kappa shape index (κ1) is 14.8. The summed E-state index contributed by atoms with van der Waals surface area (Å²) in [6.07, 6.45) is 3.03. The molecule has 0 radical (unpaired) electrons. The third-order valence-corrected chi connectivity index (χ3v) is 3.83. The molecule has 20 heavy (non-hydrogen) atoms. The number of nitrogens with zero attached hydrogens (tertiary/aromatic N) is 2. The van der Waals surface area contributed by atoms with Crippen molar-refractivity contribution in [3.05, 3.63) is 11.9 Å². The standard InChI is InChI=1S/C10H18N6O3S/c11-8-5-13-15-9(8)10(17)16-3-1-2-7(6-16)4-14-20(12,18)19/h5,7,14H,1-4,6,11H2,(H,13,15)(H2,12,18,19). The number of H-pyrrole nitrogens is 1. The predicted molar refractivity (Wildman–Crippen MR) is 72.7 cm³/mol. The summed E-state index contributed by atoms with van der Waals surface area (Å²) in [4.78, 5) is 13.9. The summed E-state index contributed by atoms with van der Waals surface area (Å²) in [6.45, 7) is 1.30. The van der Waals surface area contributed by atoms with Crippen LogP contribution in [0.3, 0.4) is 0 Å². The van der Waals surface area contributed by atoms with E-state index in [0.29, 0.717) is 18.8 Å². The Hall–Kier alpha value is -1.65. The molecule has 1 fully saturated rings. The highest BCUT2D eigenvalue weighted by Crippen LogP contribution is 2.19. The molecule has 10 heteroatoms. The number of rotatable bonds is 4. The third-order valence-electron chi connectivity index (χ3n) is 3.26. The van der Waals surface area contributed by atoms with E-state index in [1.807, 2.05) is 0 Å². The van der Waals surface area contributed by atoms with Crippen LogP contribution in [0.4, 0.5) is 5.69 Å². The van der Waals surface area contributed by atoms with E-state index in [4.69, 9.17) is 10.9 Å². The lowest BCUT2D eigenvalue weighted by molar-refractivity contribution is 0.0671. The number of aromatic amines is 1. The summed E-state index contributed by atoms with van der Waals surface area (Å²) in [5.74, 6) is -0.185. The van der Waals surface area contributed by atoms with E-state index in [0.717, 1.165) is 12.8 Å². The Balaban J connectivity index is 1.97. The molecule has 2 rings (SSSR count). The zero-order valence-electron chi connectivity index (χ0n) is 10.9. The minimum absolute atomic E-state index is 0.0372. The maximum Gasteiger partial charge on any atom is 0.274 e. The number of carbonyl (C=O) groups excluding carboxylic acids is 1. The molecular formula is C10H18N6O3S. The molecule has 112 valence electrons. The van der Waals surface area contributed by atoms with Crippen LogP contribution in [0.15, 0.2) is 6.20 Å². The third kappa shape index (κ3) is 3.68. The molecule has 1 saturated heterocycles. The van der Waals surface area contributed by atoms with Gasteiger partial charge in [0.05, 0.1) is 11.9 Å². The molecule has 1 unspecified atom stereocenters. The minimum atomic E-state index is -3.70. The highest BCUT2D eigenvalue weighted by molar-refractivity contribution is 7.87. The minimum Gasteiger partial charge on any atom is -0.396 e. The van der Waals surface area contributed by atoms with Crippen LogP contribution in [0.25, 0.3) is 0 Å². The summed E-state index contributed by atoms with van der Waals surface area (Å²) >= 11 is 0. The largest absolute Gasteiger partial charge is 0.396 e. The Labute approximate surface area is 116 Å². The molecule has 1 amide bonds. The highest BCUT2D eigenvalue weighted by Gasteiger charge is 2.26. The molecule has 6 N–H and O–H groups in total. The lowest BCUT2D eigenvalue weighted by Gasteiger charge is -2.32. The van der Waals surface area contributed by atoms with E-state index in [2.05, 4.69) is 14.9 Å². The molecule has 2 heterocycles. The molecule has 1 aliphatic heterocycles. The molecule has 9 nitrogen and oxygen atoms in total. The summed E-state index contributed by atoms with van der Waals surface area (Å²) in [5, 5.41) is 11.2. The van der Waals surface area contributed by atoms with Gasteiger partial charge in [0.2, 0.25) is 0 Å². The summed E-state index contributed by atoms with van der Waals surface area (Å²) in [7, 11) is -3.70. The molecule has 0 aromatic carbocycles. The number of hydrogen-bond donors (Lipinski definition) is 4. The number of piperidine rings is 1. The summed E-state index contributed by atoms with van der Waals surface area (Å²) in [5.41, 5.74) is 6.22. The molecule has 0 saturated carbocycles. The smallest absolute Gasteiger partial charge is 0.274 e. The molecule has 0 spiro atoms. The van der Waals surface area contributed by atoms with Crippen molar-refractivity contribution in [3.63, 3.8) is 0 Å². The second-order valence-corrected chi connectivity index (χ2v) is 6.23. The van der Waals surface area contributed by atoms with Crippen molar-refractivity contribution in [1.82, 2.24) is 19.8 Å². The van der Waals surface area contributed by atoms with E-state index in [1.54, 1.807) is 4.90 Å². The van der Waals surface area contributed by atoms with E-state index >= 15 is 0 Å². The topological polar surface area (TPSA) is 147 Å². The van der Waals surface area contributed by atoms with Crippen molar-refractivity contribution in [2.75, 3.05) is 25.4 Å². The van der Waals surface area contributed by atoms with Crippen molar-refractivity contribution >= 4 is 21.8 Å². The fourth-order valence-electron chi connectivity index (χ4n) is 2.28. The van der Waals surface area contributed by atoms with Crippen LogP contribution in [0.1, 0.15) is 23.3 Å². The van der Waals surface area contributed by atoms with Gasteiger partial charge in [0.25, 0.3) is 16.1 Å². The lowest BCUT2D eigenvalue weighted by Crippen LogP contribution is -2.44. The zero-order valence-corrected chi connectivity index (χ0v) is 11.7. The average molecular weight is 302 g/mol. The second kappa shape index (κ2) is 5.77. The average Bonchev–Trinajstić information content (AvgIpc) is 2.81. The van der Waals surface area contributed by atoms with Crippen LogP contribution in [0.2, 0.25) is 0 Å². The fourth-order valence-corrected chi connectivity index (χ4v) is 2.74. The van der Waals surface area contributed by atoms with Gasteiger partial charge in [0, 0.05) is 19.6 Å². The van der Waals surface area contributed by atoms with E-state index in [1.165, 1.54) is 6.20 Å². The van der Waals surface area contributed by atoms with Gasteiger partial charge in [-0.15, -0.1) is 0 Å².